The van der Waals surface area contributed by atoms with E-state index in [1.165, 1.54) is 19.4 Å². The van der Waals surface area contributed by atoms with Gasteiger partial charge in [0, 0.05) is 38.1 Å². The van der Waals surface area contributed by atoms with Crippen molar-refractivity contribution in [2.24, 2.45) is 11.1 Å². The molecule has 0 spiro atoms. The van der Waals surface area contributed by atoms with Crippen LogP contribution in [-0.2, 0) is 4.79 Å². The summed E-state index contributed by atoms with van der Waals surface area (Å²) in [6.45, 7) is 10.5. The minimum absolute atomic E-state index is 0.000896. The average molecular weight is 267 g/mol. The van der Waals surface area contributed by atoms with Crippen molar-refractivity contribution in [3.63, 3.8) is 0 Å². The summed E-state index contributed by atoms with van der Waals surface area (Å²) in [5.74, 6) is 0.246. The van der Waals surface area contributed by atoms with Crippen LogP contribution in [0.1, 0.15) is 46.5 Å². The first-order valence-corrected chi connectivity index (χ1v) is 7.65. The number of hydrogen-bond donors (Lipinski definition) is 1. The molecular formula is C15H29N3O. The molecule has 4 heteroatoms. The van der Waals surface area contributed by atoms with Crippen molar-refractivity contribution >= 4 is 5.91 Å². The second-order valence-electron chi connectivity index (χ2n) is 7.20. The van der Waals surface area contributed by atoms with E-state index in [0.29, 0.717) is 12.5 Å². The third kappa shape index (κ3) is 3.69. The van der Waals surface area contributed by atoms with Crippen molar-refractivity contribution in [1.29, 1.82) is 0 Å². The molecule has 2 N–H and O–H groups in total. The van der Waals surface area contributed by atoms with Crippen molar-refractivity contribution < 1.29 is 4.79 Å². The Bertz CT molecular complexity index is 324. The van der Waals surface area contributed by atoms with Gasteiger partial charge >= 0.3 is 0 Å². The number of fused-ring (bicyclic) bond motifs is 1. The van der Waals surface area contributed by atoms with Gasteiger partial charge in [-0.25, -0.2) is 0 Å². The Hall–Kier alpha value is -0.610. The van der Waals surface area contributed by atoms with Crippen molar-refractivity contribution in [3.8, 4) is 0 Å². The van der Waals surface area contributed by atoms with Gasteiger partial charge in [-0.2, -0.15) is 0 Å². The lowest BCUT2D eigenvalue weighted by atomic mass is 9.85. The molecular weight excluding hydrogens is 238 g/mol. The quantitative estimate of drug-likeness (QED) is 0.824. The minimum atomic E-state index is -0.0528. The van der Waals surface area contributed by atoms with Crippen LogP contribution in [0.4, 0.5) is 0 Å². The Labute approximate surface area is 117 Å². The Morgan fingerprint density at radius 2 is 1.95 bits per heavy atom. The van der Waals surface area contributed by atoms with E-state index in [-0.39, 0.29) is 17.4 Å². The Kier molecular flexibility index (Phi) is 4.51. The lowest BCUT2D eigenvalue weighted by molar-refractivity contribution is -0.132. The molecule has 2 aliphatic rings. The van der Waals surface area contributed by atoms with Crippen LogP contribution in [0.3, 0.4) is 0 Å². The highest BCUT2D eigenvalue weighted by atomic mass is 16.2. The molecule has 0 aromatic heterocycles. The fourth-order valence-electron chi connectivity index (χ4n) is 3.06. The zero-order valence-corrected chi connectivity index (χ0v) is 12.7. The molecule has 110 valence electrons. The SMILES string of the molecule is CC(C)(C)C(N)CC(=O)N1CCCN2CCCC2C1. The van der Waals surface area contributed by atoms with Crippen LogP contribution in [0.25, 0.3) is 0 Å². The lowest BCUT2D eigenvalue weighted by Gasteiger charge is -2.30. The summed E-state index contributed by atoms with van der Waals surface area (Å²) in [6.07, 6.45) is 4.12. The Morgan fingerprint density at radius 1 is 1.26 bits per heavy atom. The molecule has 2 aliphatic heterocycles. The normalized spacial score (nSPS) is 26.9. The highest BCUT2D eigenvalue weighted by Crippen LogP contribution is 2.24. The molecule has 2 saturated heterocycles. The number of hydrogen-bond acceptors (Lipinski definition) is 3. The maximum absolute atomic E-state index is 12.4. The maximum atomic E-state index is 12.4. The van der Waals surface area contributed by atoms with Crippen molar-refractivity contribution in [3.05, 3.63) is 0 Å². The molecule has 19 heavy (non-hydrogen) atoms. The van der Waals surface area contributed by atoms with E-state index in [1.54, 1.807) is 0 Å². The highest BCUT2D eigenvalue weighted by molar-refractivity contribution is 5.77. The molecule has 1 amide bonds. The third-order valence-corrected chi connectivity index (χ3v) is 4.66. The smallest absolute Gasteiger partial charge is 0.224 e. The number of rotatable bonds is 2. The fraction of sp³-hybridized carbons (Fsp3) is 0.933. The van der Waals surface area contributed by atoms with Gasteiger partial charge in [0.2, 0.25) is 5.91 Å². The predicted octanol–water partition coefficient (Wildman–Crippen LogP) is 1.45. The molecule has 2 rings (SSSR count). The summed E-state index contributed by atoms with van der Waals surface area (Å²) in [7, 11) is 0. The standard InChI is InChI=1S/C15H29N3O/c1-15(2,3)13(16)10-14(19)18-9-5-8-17-7-4-6-12(17)11-18/h12-13H,4-11,16H2,1-3H3. The van der Waals surface area contributed by atoms with Crippen molar-refractivity contribution in [2.45, 2.75) is 58.5 Å². The monoisotopic (exact) mass is 267 g/mol. The molecule has 0 aliphatic carbocycles. The zero-order chi connectivity index (χ0) is 14.0. The van der Waals surface area contributed by atoms with Crippen LogP contribution >= 0.6 is 0 Å². The van der Waals surface area contributed by atoms with Gasteiger partial charge in [0.05, 0.1) is 0 Å². The van der Waals surface area contributed by atoms with E-state index in [1.807, 2.05) is 0 Å². The number of amides is 1. The second-order valence-corrected chi connectivity index (χ2v) is 7.20. The van der Waals surface area contributed by atoms with Crippen LogP contribution in [0.15, 0.2) is 0 Å². The molecule has 4 nitrogen and oxygen atoms in total. The summed E-state index contributed by atoms with van der Waals surface area (Å²) >= 11 is 0. The van der Waals surface area contributed by atoms with E-state index in [4.69, 9.17) is 5.73 Å². The first-order valence-electron chi connectivity index (χ1n) is 7.65. The number of nitrogens with zero attached hydrogens (tertiary/aromatic N) is 2. The van der Waals surface area contributed by atoms with Gasteiger partial charge < -0.3 is 10.6 Å². The lowest BCUT2D eigenvalue weighted by Crippen LogP contribution is -2.44. The molecule has 2 unspecified atom stereocenters. The van der Waals surface area contributed by atoms with Gasteiger partial charge in [-0.05, 0) is 31.2 Å². The number of carbonyl (C=O) groups is 1. The van der Waals surface area contributed by atoms with Crippen LogP contribution < -0.4 is 5.73 Å². The first-order chi connectivity index (χ1) is 8.88. The van der Waals surface area contributed by atoms with E-state index in [0.717, 1.165) is 26.1 Å². The number of nitrogens with two attached hydrogens (primary N) is 1. The van der Waals surface area contributed by atoms with Crippen LogP contribution in [0.5, 0.6) is 0 Å². The van der Waals surface area contributed by atoms with Crippen molar-refractivity contribution in [1.82, 2.24) is 9.80 Å². The molecule has 0 saturated carbocycles. The maximum Gasteiger partial charge on any atom is 0.224 e. The predicted molar refractivity (Wildman–Crippen MR) is 77.8 cm³/mol. The van der Waals surface area contributed by atoms with E-state index in [9.17, 15) is 4.79 Å². The summed E-state index contributed by atoms with van der Waals surface area (Å²) in [5, 5.41) is 0. The second kappa shape index (κ2) is 5.80. The zero-order valence-electron chi connectivity index (χ0n) is 12.7. The summed E-state index contributed by atoms with van der Waals surface area (Å²) in [5.41, 5.74) is 6.15. The Morgan fingerprint density at radius 3 is 2.63 bits per heavy atom. The molecule has 0 radical (unpaired) electrons. The fourth-order valence-corrected chi connectivity index (χ4v) is 3.06. The summed E-state index contributed by atoms with van der Waals surface area (Å²) in [6, 6.07) is 0.542. The third-order valence-electron chi connectivity index (χ3n) is 4.66. The first kappa shape index (κ1) is 14.8. The largest absolute Gasteiger partial charge is 0.341 e. The van der Waals surface area contributed by atoms with Gasteiger partial charge in [0.15, 0.2) is 0 Å². The molecule has 0 aromatic rings. The van der Waals surface area contributed by atoms with Crippen molar-refractivity contribution in [2.75, 3.05) is 26.2 Å². The van der Waals surface area contributed by atoms with Gasteiger partial charge in [-0.15, -0.1) is 0 Å². The molecule has 2 heterocycles. The van der Waals surface area contributed by atoms with Gasteiger partial charge in [0.1, 0.15) is 0 Å². The van der Waals surface area contributed by atoms with E-state index in [2.05, 4.69) is 30.6 Å². The summed E-state index contributed by atoms with van der Waals surface area (Å²) in [4.78, 5) is 17.0. The summed E-state index contributed by atoms with van der Waals surface area (Å²) < 4.78 is 0. The van der Waals surface area contributed by atoms with Crippen LogP contribution in [-0.4, -0.2) is 54.0 Å². The van der Waals surface area contributed by atoms with E-state index < -0.39 is 0 Å². The van der Waals surface area contributed by atoms with Crippen LogP contribution in [0.2, 0.25) is 0 Å². The Balaban J connectivity index is 1.91. The minimum Gasteiger partial charge on any atom is -0.341 e. The molecule has 2 atom stereocenters. The van der Waals surface area contributed by atoms with E-state index >= 15 is 0 Å². The van der Waals surface area contributed by atoms with Crippen LogP contribution in [0, 0.1) is 5.41 Å². The average Bonchev–Trinajstić information content (AvgIpc) is 2.65. The topological polar surface area (TPSA) is 49.6 Å². The molecule has 0 bridgehead atoms. The van der Waals surface area contributed by atoms with Gasteiger partial charge in [-0.3, -0.25) is 9.69 Å². The highest BCUT2D eigenvalue weighted by Gasteiger charge is 2.32. The van der Waals surface area contributed by atoms with Gasteiger partial charge in [-0.1, -0.05) is 20.8 Å². The molecule has 2 fully saturated rings. The molecule has 0 aromatic carbocycles. The van der Waals surface area contributed by atoms with Gasteiger partial charge in [0.25, 0.3) is 0 Å². The number of carbonyl (C=O) groups excluding carboxylic acids is 1.